The van der Waals surface area contributed by atoms with Gasteiger partial charge in [-0.3, -0.25) is 0 Å². The van der Waals surface area contributed by atoms with Crippen molar-refractivity contribution >= 4 is 5.69 Å². The van der Waals surface area contributed by atoms with E-state index in [1.54, 1.807) is 6.20 Å². The fourth-order valence-corrected chi connectivity index (χ4v) is 2.27. The van der Waals surface area contributed by atoms with E-state index in [9.17, 15) is 0 Å². The van der Waals surface area contributed by atoms with Crippen molar-refractivity contribution in [2.75, 3.05) is 24.6 Å². The molecule has 0 N–H and O–H groups in total. The van der Waals surface area contributed by atoms with Crippen molar-refractivity contribution in [3.8, 4) is 6.07 Å². The first kappa shape index (κ1) is 11.9. The van der Waals surface area contributed by atoms with E-state index in [4.69, 9.17) is 10.00 Å². The number of ether oxygens (including phenoxy) is 1. The Hall–Kier alpha value is -1.60. The molecule has 1 fully saturated rings. The van der Waals surface area contributed by atoms with E-state index >= 15 is 0 Å². The van der Waals surface area contributed by atoms with Crippen molar-refractivity contribution in [3.63, 3.8) is 0 Å². The first-order valence-corrected chi connectivity index (χ1v) is 6.06. The summed E-state index contributed by atoms with van der Waals surface area (Å²) in [7, 11) is 0. The highest BCUT2D eigenvalue weighted by molar-refractivity contribution is 5.55. The van der Waals surface area contributed by atoms with Crippen molar-refractivity contribution in [2.45, 2.75) is 25.9 Å². The number of anilines is 1. The van der Waals surface area contributed by atoms with E-state index in [-0.39, 0.29) is 6.10 Å². The van der Waals surface area contributed by atoms with Crippen LogP contribution in [-0.4, -0.2) is 30.8 Å². The van der Waals surface area contributed by atoms with E-state index < -0.39 is 0 Å². The molecule has 0 amide bonds. The number of hydrogen-bond donors (Lipinski definition) is 0. The molecule has 0 aliphatic carbocycles. The summed E-state index contributed by atoms with van der Waals surface area (Å²) >= 11 is 0. The second-order valence-electron chi connectivity index (χ2n) is 4.15. The molecule has 17 heavy (non-hydrogen) atoms. The summed E-state index contributed by atoms with van der Waals surface area (Å²) < 4.78 is 5.66. The molecule has 1 atom stereocenters. The zero-order chi connectivity index (χ0) is 12.1. The largest absolute Gasteiger partial charge is 0.377 e. The van der Waals surface area contributed by atoms with Crippen LogP contribution in [0.4, 0.5) is 5.69 Å². The molecule has 0 radical (unpaired) electrons. The van der Waals surface area contributed by atoms with Crippen molar-refractivity contribution in [1.29, 1.82) is 5.26 Å². The average Bonchev–Trinajstić information content (AvgIpc) is 2.39. The molecule has 1 unspecified atom stereocenters. The van der Waals surface area contributed by atoms with Crippen LogP contribution in [0.2, 0.25) is 0 Å². The third-order valence-electron chi connectivity index (χ3n) is 3.01. The molecule has 0 spiro atoms. The van der Waals surface area contributed by atoms with E-state index in [1.807, 2.05) is 19.1 Å². The molecular formula is C13H17N3O. The predicted molar refractivity (Wildman–Crippen MR) is 65.8 cm³/mol. The Balaban J connectivity index is 2.14. The highest BCUT2D eigenvalue weighted by atomic mass is 16.5. The smallest absolute Gasteiger partial charge is 0.163 e. The number of pyridine rings is 1. The highest BCUT2D eigenvalue weighted by Crippen LogP contribution is 2.23. The van der Waals surface area contributed by atoms with Crippen LogP contribution < -0.4 is 4.90 Å². The second-order valence-corrected chi connectivity index (χ2v) is 4.15. The molecule has 1 aromatic heterocycles. The van der Waals surface area contributed by atoms with Crippen molar-refractivity contribution < 1.29 is 4.74 Å². The maximum Gasteiger partial charge on any atom is 0.163 e. The van der Waals surface area contributed by atoms with Gasteiger partial charge in [0.25, 0.3) is 0 Å². The Morgan fingerprint density at radius 1 is 1.65 bits per heavy atom. The fourth-order valence-electron chi connectivity index (χ4n) is 2.27. The standard InChI is InChI=1S/C13H17N3O/c1-2-17-11-5-4-8-16(10-11)13-6-3-7-15-12(13)9-14/h3,6-7,11H,2,4-5,8,10H2,1H3. The van der Waals surface area contributed by atoms with Crippen molar-refractivity contribution in [1.82, 2.24) is 4.98 Å². The maximum absolute atomic E-state index is 9.05. The van der Waals surface area contributed by atoms with E-state index in [1.165, 1.54) is 0 Å². The number of aromatic nitrogens is 1. The Bertz CT molecular complexity index is 411. The first-order valence-electron chi connectivity index (χ1n) is 6.06. The third-order valence-corrected chi connectivity index (χ3v) is 3.01. The van der Waals surface area contributed by atoms with E-state index in [0.29, 0.717) is 5.69 Å². The van der Waals surface area contributed by atoms with E-state index in [2.05, 4.69) is 16.0 Å². The first-order chi connectivity index (χ1) is 8.35. The molecule has 0 aromatic carbocycles. The summed E-state index contributed by atoms with van der Waals surface area (Å²) in [5.41, 5.74) is 1.43. The van der Waals surface area contributed by atoms with Gasteiger partial charge in [-0.1, -0.05) is 0 Å². The van der Waals surface area contributed by atoms with Gasteiger partial charge in [0.05, 0.1) is 11.8 Å². The lowest BCUT2D eigenvalue weighted by molar-refractivity contribution is 0.0526. The van der Waals surface area contributed by atoms with Crippen LogP contribution in [-0.2, 0) is 4.74 Å². The Morgan fingerprint density at radius 2 is 2.53 bits per heavy atom. The molecule has 1 aliphatic rings. The van der Waals surface area contributed by atoms with Crippen LogP contribution in [0.5, 0.6) is 0 Å². The molecule has 4 nitrogen and oxygen atoms in total. The minimum Gasteiger partial charge on any atom is -0.377 e. The molecule has 0 saturated carbocycles. The fraction of sp³-hybridized carbons (Fsp3) is 0.538. The monoisotopic (exact) mass is 231 g/mol. The average molecular weight is 231 g/mol. The molecule has 2 rings (SSSR count). The quantitative estimate of drug-likeness (QED) is 0.798. The topological polar surface area (TPSA) is 49.1 Å². The van der Waals surface area contributed by atoms with Gasteiger partial charge in [-0.25, -0.2) is 4.98 Å². The van der Waals surface area contributed by atoms with Crippen molar-refractivity contribution in [2.24, 2.45) is 0 Å². The van der Waals surface area contributed by atoms with Crippen molar-refractivity contribution in [3.05, 3.63) is 24.0 Å². The normalized spacial score (nSPS) is 20.0. The highest BCUT2D eigenvalue weighted by Gasteiger charge is 2.22. The summed E-state index contributed by atoms with van der Waals surface area (Å²) in [5.74, 6) is 0. The summed E-state index contributed by atoms with van der Waals surface area (Å²) in [5, 5.41) is 9.05. The van der Waals surface area contributed by atoms with Gasteiger partial charge < -0.3 is 9.64 Å². The van der Waals surface area contributed by atoms with Gasteiger partial charge in [0.15, 0.2) is 5.69 Å². The van der Waals surface area contributed by atoms with Gasteiger partial charge in [-0.05, 0) is 31.9 Å². The Morgan fingerprint density at radius 3 is 3.29 bits per heavy atom. The van der Waals surface area contributed by atoms with Crippen LogP contribution in [0.15, 0.2) is 18.3 Å². The molecule has 2 heterocycles. The van der Waals surface area contributed by atoms with Gasteiger partial charge in [0, 0.05) is 25.9 Å². The number of piperidine rings is 1. The Kier molecular flexibility index (Phi) is 3.94. The minimum atomic E-state index is 0.278. The summed E-state index contributed by atoms with van der Waals surface area (Å²) in [6, 6.07) is 5.98. The molecule has 90 valence electrons. The molecular weight excluding hydrogens is 214 g/mol. The lowest BCUT2D eigenvalue weighted by Crippen LogP contribution is -2.40. The van der Waals surface area contributed by atoms with Crippen LogP contribution in [0, 0.1) is 11.3 Å². The maximum atomic E-state index is 9.05. The number of nitrogens with zero attached hydrogens (tertiary/aromatic N) is 3. The Labute approximate surface area is 102 Å². The lowest BCUT2D eigenvalue weighted by atomic mass is 10.1. The predicted octanol–water partition coefficient (Wildman–Crippen LogP) is 1.96. The number of hydrogen-bond acceptors (Lipinski definition) is 4. The minimum absolute atomic E-state index is 0.278. The summed E-state index contributed by atoms with van der Waals surface area (Å²) in [6.07, 6.45) is 4.14. The van der Waals surface area contributed by atoms with Crippen LogP contribution in [0.3, 0.4) is 0 Å². The second kappa shape index (κ2) is 5.65. The van der Waals surface area contributed by atoms with Gasteiger partial charge >= 0.3 is 0 Å². The van der Waals surface area contributed by atoms with Crippen LogP contribution in [0.1, 0.15) is 25.5 Å². The number of rotatable bonds is 3. The van der Waals surface area contributed by atoms with Gasteiger partial charge in [-0.2, -0.15) is 5.26 Å². The molecule has 4 heteroatoms. The van der Waals surface area contributed by atoms with Gasteiger partial charge in [0.1, 0.15) is 6.07 Å². The molecule has 0 bridgehead atoms. The zero-order valence-electron chi connectivity index (χ0n) is 10.1. The van der Waals surface area contributed by atoms with Crippen LogP contribution in [0.25, 0.3) is 0 Å². The summed E-state index contributed by atoms with van der Waals surface area (Å²) in [4.78, 5) is 6.30. The van der Waals surface area contributed by atoms with Crippen LogP contribution >= 0.6 is 0 Å². The lowest BCUT2D eigenvalue weighted by Gasteiger charge is -2.34. The summed E-state index contributed by atoms with van der Waals surface area (Å²) in [6.45, 7) is 4.60. The molecule has 1 aliphatic heterocycles. The SMILES string of the molecule is CCOC1CCCN(c2cccnc2C#N)C1. The van der Waals surface area contributed by atoms with Gasteiger partial charge in [0.2, 0.25) is 0 Å². The third kappa shape index (κ3) is 2.75. The molecule has 1 aromatic rings. The molecule has 1 saturated heterocycles. The van der Waals surface area contributed by atoms with Gasteiger partial charge in [-0.15, -0.1) is 0 Å². The number of nitriles is 1. The zero-order valence-corrected chi connectivity index (χ0v) is 10.1. The van der Waals surface area contributed by atoms with E-state index in [0.717, 1.165) is 38.2 Å².